The number of hydrogen-bond donors (Lipinski definition) is 2. The van der Waals surface area contributed by atoms with Crippen LogP contribution in [-0.4, -0.2) is 16.0 Å². The standard InChI is InChI=1S/C2H6NO.Au/c3-1-2-4;/h1,4H,2-3H2;. The van der Waals surface area contributed by atoms with Crippen LogP contribution < -0.4 is 5.73 Å². The van der Waals surface area contributed by atoms with Crippen molar-refractivity contribution in [3.63, 3.8) is 0 Å². The van der Waals surface area contributed by atoms with Gasteiger partial charge in [0.15, 0.2) is 0 Å². The topological polar surface area (TPSA) is 46.2 Å². The molecule has 5 heavy (non-hydrogen) atoms. The van der Waals surface area contributed by atoms with Gasteiger partial charge in [-0.1, -0.05) is 0 Å². The summed E-state index contributed by atoms with van der Waals surface area (Å²) < 4.78 is -0.116. The second-order valence-corrected chi connectivity index (χ2v) is 2.25. The maximum atomic E-state index is 8.00. The molecule has 36 valence electrons. The predicted octanol–water partition coefficient (Wildman–Crippen LogP) is -1.19. The van der Waals surface area contributed by atoms with Crippen molar-refractivity contribution >= 4 is 0 Å². The van der Waals surface area contributed by atoms with Crippen molar-refractivity contribution in [3.05, 3.63) is 0 Å². The molecule has 0 bridgehead atoms. The van der Waals surface area contributed by atoms with E-state index in [1.165, 1.54) is 0 Å². The fourth-order valence-electron chi connectivity index (χ4n) is 0. The van der Waals surface area contributed by atoms with Crippen LogP contribution in [0.25, 0.3) is 0 Å². The molecule has 1 atom stereocenters. The van der Waals surface area contributed by atoms with Gasteiger partial charge in [-0.3, -0.25) is 0 Å². The van der Waals surface area contributed by atoms with Crippen molar-refractivity contribution in [2.75, 3.05) is 6.61 Å². The van der Waals surface area contributed by atoms with E-state index in [9.17, 15) is 0 Å². The Bertz CT molecular complexity index is 23.6. The molecule has 0 rings (SSSR count). The molecular formula is C2H6AuNO. The van der Waals surface area contributed by atoms with E-state index in [1.807, 2.05) is 0 Å². The Kier molecular flexibility index (Phi) is 3.25. The van der Waals surface area contributed by atoms with E-state index < -0.39 is 0 Å². The second kappa shape index (κ2) is 2.87. The van der Waals surface area contributed by atoms with Gasteiger partial charge in [0.05, 0.1) is 0 Å². The fourth-order valence-corrected chi connectivity index (χ4v) is 0. The van der Waals surface area contributed by atoms with Crippen LogP contribution in [0.3, 0.4) is 0 Å². The van der Waals surface area contributed by atoms with Crippen molar-refractivity contribution in [3.8, 4) is 0 Å². The quantitative estimate of drug-likeness (QED) is 0.580. The molecule has 0 amide bonds. The van der Waals surface area contributed by atoms with E-state index >= 15 is 0 Å². The zero-order chi connectivity index (χ0) is 4.28. The van der Waals surface area contributed by atoms with E-state index in [2.05, 4.69) is 21.1 Å². The van der Waals surface area contributed by atoms with Crippen LogP contribution in [0.2, 0.25) is 0 Å². The van der Waals surface area contributed by atoms with Crippen LogP contribution in [0.5, 0.6) is 0 Å². The molecule has 2 nitrogen and oxygen atoms in total. The third-order valence-corrected chi connectivity index (χ3v) is 0.556. The fraction of sp³-hybridized carbons (Fsp3) is 1.00. The Morgan fingerprint density at radius 3 is 2.20 bits per heavy atom. The van der Waals surface area contributed by atoms with Gasteiger partial charge >= 0.3 is 42.8 Å². The Morgan fingerprint density at radius 1 is 2.00 bits per heavy atom. The number of hydrogen-bond acceptors (Lipinski definition) is 2. The molecule has 0 aromatic rings. The van der Waals surface area contributed by atoms with Crippen LogP contribution in [0.15, 0.2) is 0 Å². The van der Waals surface area contributed by atoms with Crippen LogP contribution in [-0.2, 0) is 21.1 Å². The molecule has 0 aliphatic carbocycles. The minimum atomic E-state index is -0.116. The van der Waals surface area contributed by atoms with Crippen LogP contribution in [0, 0.1) is 0 Å². The van der Waals surface area contributed by atoms with Crippen molar-refractivity contribution in [1.29, 1.82) is 0 Å². The Balaban J connectivity index is 2.54. The summed E-state index contributed by atoms with van der Waals surface area (Å²) in [6.07, 6.45) is 0. The summed E-state index contributed by atoms with van der Waals surface area (Å²) in [5, 5.41) is 8.00. The van der Waals surface area contributed by atoms with Gasteiger partial charge in [-0.15, -0.1) is 0 Å². The first-order chi connectivity index (χ1) is 2.27. The molecule has 0 aromatic heterocycles. The van der Waals surface area contributed by atoms with Crippen LogP contribution in [0.4, 0.5) is 0 Å². The molecule has 1 unspecified atom stereocenters. The summed E-state index contributed by atoms with van der Waals surface area (Å²) in [7, 11) is 0. The first kappa shape index (κ1) is 5.66. The molecule has 0 saturated heterocycles. The third kappa shape index (κ3) is 4.66. The third-order valence-electron chi connectivity index (χ3n) is 0.160. The van der Waals surface area contributed by atoms with E-state index in [0.29, 0.717) is 0 Å². The van der Waals surface area contributed by atoms with Crippen molar-refractivity contribution in [1.82, 2.24) is 0 Å². The van der Waals surface area contributed by atoms with E-state index in [4.69, 9.17) is 10.8 Å². The molecule has 0 aliphatic heterocycles. The molecule has 0 radical (unpaired) electrons. The van der Waals surface area contributed by atoms with Gasteiger partial charge in [-0.25, -0.2) is 0 Å². The Labute approximate surface area is 43.3 Å². The molecule has 0 spiro atoms. The Morgan fingerprint density at radius 2 is 2.20 bits per heavy atom. The zero-order valence-corrected chi connectivity index (χ0v) is 4.78. The van der Waals surface area contributed by atoms with Gasteiger partial charge in [-0.2, -0.15) is 0 Å². The maximum absolute atomic E-state index is 8.00. The van der Waals surface area contributed by atoms with Crippen LogP contribution in [0.1, 0.15) is 0 Å². The molecule has 3 N–H and O–H groups in total. The van der Waals surface area contributed by atoms with Gasteiger partial charge in [-0.05, 0) is 0 Å². The monoisotopic (exact) mass is 257 g/mol. The molecule has 3 heteroatoms. The summed E-state index contributed by atoms with van der Waals surface area (Å²) >= 11 is 2.09. The molecule has 0 saturated carbocycles. The average molecular weight is 257 g/mol. The van der Waals surface area contributed by atoms with E-state index in [1.54, 1.807) is 0 Å². The molecular weight excluding hydrogens is 251 g/mol. The average Bonchev–Trinajstić information content (AvgIpc) is 1.38. The first-order valence-electron chi connectivity index (χ1n) is 1.23. The second-order valence-electron chi connectivity index (χ2n) is 0.642. The van der Waals surface area contributed by atoms with Crippen molar-refractivity contribution in [2.45, 2.75) is 4.26 Å². The van der Waals surface area contributed by atoms with Crippen molar-refractivity contribution in [2.24, 2.45) is 5.73 Å². The SMILES string of the molecule is N[CH]([Au])CO. The van der Waals surface area contributed by atoms with Gasteiger partial charge in [0.2, 0.25) is 0 Å². The summed E-state index contributed by atoms with van der Waals surface area (Å²) in [5.74, 6) is 0. The molecule has 0 heterocycles. The van der Waals surface area contributed by atoms with Crippen LogP contribution >= 0.6 is 0 Å². The molecule has 0 aromatic carbocycles. The van der Waals surface area contributed by atoms with Gasteiger partial charge in [0, 0.05) is 0 Å². The number of nitrogens with two attached hydrogens (primary N) is 1. The molecule has 0 fully saturated rings. The first-order valence-corrected chi connectivity index (χ1v) is 2.48. The summed E-state index contributed by atoms with van der Waals surface area (Å²) in [6, 6.07) is 0. The predicted molar refractivity (Wildman–Crippen MR) is 15.1 cm³/mol. The normalized spacial score (nSPS) is 15.2. The van der Waals surface area contributed by atoms with E-state index in [0.717, 1.165) is 0 Å². The number of aliphatic hydroxyl groups excluding tert-OH is 1. The van der Waals surface area contributed by atoms with E-state index in [-0.39, 0.29) is 10.9 Å². The van der Waals surface area contributed by atoms with Gasteiger partial charge in [0.1, 0.15) is 0 Å². The van der Waals surface area contributed by atoms with Gasteiger partial charge < -0.3 is 0 Å². The molecule has 0 aliphatic rings. The number of aliphatic hydroxyl groups is 1. The van der Waals surface area contributed by atoms with Gasteiger partial charge in [0.25, 0.3) is 0 Å². The number of rotatable bonds is 1. The Hall–Kier alpha value is 0.660. The summed E-state index contributed by atoms with van der Waals surface area (Å²) in [6.45, 7) is 0.0586. The zero-order valence-electron chi connectivity index (χ0n) is 2.61. The van der Waals surface area contributed by atoms with Crippen molar-refractivity contribution < 1.29 is 26.2 Å². The minimum absolute atomic E-state index is 0.0586. The summed E-state index contributed by atoms with van der Waals surface area (Å²) in [5.41, 5.74) is 5.02. The summed E-state index contributed by atoms with van der Waals surface area (Å²) in [4.78, 5) is 0.